The van der Waals surface area contributed by atoms with Crippen LogP contribution in [0.25, 0.3) is 0 Å². The van der Waals surface area contributed by atoms with Gasteiger partial charge in [-0.3, -0.25) is 9.59 Å². The molecule has 2 N–H and O–H groups in total. The lowest BCUT2D eigenvalue weighted by atomic mass is 9.77. The fourth-order valence-electron chi connectivity index (χ4n) is 3.80. The average molecular weight is 358 g/mol. The van der Waals surface area contributed by atoms with Gasteiger partial charge in [0.1, 0.15) is 6.10 Å². The van der Waals surface area contributed by atoms with Crippen LogP contribution in [-0.4, -0.2) is 35.4 Å². The number of nitrogens with one attached hydrogen (secondary N) is 1. The van der Waals surface area contributed by atoms with Gasteiger partial charge in [0.2, 0.25) is 0 Å². The standard InChI is InChI=1S/C20H26N2O4/c1-2-26-19(24)11-13-3-5-14(6-4-13)15-7-9-16(10-8-15)17-12-18(23)20(25)22-21-17/h7-10,13-14,18,23H,2-6,11-12H2,1H3,(H,22,25). The summed E-state index contributed by atoms with van der Waals surface area (Å²) in [7, 11) is 0. The Morgan fingerprint density at radius 2 is 1.92 bits per heavy atom. The van der Waals surface area contributed by atoms with Gasteiger partial charge in [-0.1, -0.05) is 24.3 Å². The maximum atomic E-state index is 11.6. The van der Waals surface area contributed by atoms with Gasteiger partial charge in [0.15, 0.2) is 0 Å². The normalized spacial score (nSPS) is 26.0. The van der Waals surface area contributed by atoms with Crippen LogP contribution >= 0.6 is 0 Å². The molecule has 0 spiro atoms. The quantitative estimate of drug-likeness (QED) is 0.792. The van der Waals surface area contributed by atoms with Crippen LogP contribution in [0.4, 0.5) is 0 Å². The van der Waals surface area contributed by atoms with E-state index in [4.69, 9.17) is 4.74 Å². The number of hydrogen-bond acceptors (Lipinski definition) is 5. The molecule has 1 atom stereocenters. The molecule has 1 heterocycles. The average Bonchev–Trinajstić information content (AvgIpc) is 2.65. The molecular formula is C20H26N2O4. The highest BCUT2D eigenvalue weighted by Crippen LogP contribution is 2.37. The molecule has 0 saturated heterocycles. The molecule has 1 unspecified atom stereocenters. The van der Waals surface area contributed by atoms with Gasteiger partial charge in [-0.05, 0) is 55.6 Å². The summed E-state index contributed by atoms with van der Waals surface area (Å²) in [5.74, 6) is 0.417. The molecule has 0 aromatic heterocycles. The van der Waals surface area contributed by atoms with Crippen LogP contribution in [0.3, 0.4) is 0 Å². The minimum absolute atomic E-state index is 0.0807. The summed E-state index contributed by atoms with van der Waals surface area (Å²) in [5.41, 5.74) is 5.26. The first-order valence-electron chi connectivity index (χ1n) is 9.37. The van der Waals surface area contributed by atoms with Crippen LogP contribution in [0.1, 0.15) is 62.5 Å². The molecule has 26 heavy (non-hydrogen) atoms. The zero-order valence-corrected chi connectivity index (χ0v) is 15.1. The highest BCUT2D eigenvalue weighted by molar-refractivity contribution is 6.05. The summed E-state index contributed by atoms with van der Waals surface area (Å²) in [6, 6.07) is 8.22. The number of aliphatic hydroxyl groups excluding tert-OH is 1. The van der Waals surface area contributed by atoms with Gasteiger partial charge >= 0.3 is 5.97 Å². The van der Waals surface area contributed by atoms with Crippen molar-refractivity contribution in [2.24, 2.45) is 11.0 Å². The highest BCUT2D eigenvalue weighted by Gasteiger charge is 2.26. The van der Waals surface area contributed by atoms with Crippen LogP contribution in [0.5, 0.6) is 0 Å². The molecule has 1 saturated carbocycles. The van der Waals surface area contributed by atoms with Crippen molar-refractivity contribution in [2.75, 3.05) is 6.61 Å². The van der Waals surface area contributed by atoms with Crippen molar-refractivity contribution < 1.29 is 19.4 Å². The molecule has 1 amide bonds. The van der Waals surface area contributed by atoms with Crippen LogP contribution in [0, 0.1) is 5.92 Å². The number of nitrogens with zero attached hydrogens (tertiary/aromatic N) is 1. The number of benzene rings is 1. The Kier molecular flexibility index (Phi) is 6.04. The number of carbonyl (C=O) groups excluding carboxylic acids is 2. The first-order valence-corrected chi connectivity index (χ1v) is 9.37. The fraction of sp³-hybridized carbons (Fsp3) is 0.550. The van der Waals surface area contributed by atoms with Crippen molar-refractivity contribution in [3.8, 4) is 0 Å². The third-order valence-electron chi connectivity index (χ3n) is 5.31. The summed E-state index contributed by atoms with van der Waals surface area (Å²) in [6.45, 7) is 2.29. The predicted octanol–water partition coefficient (Wildman–Crippen LogP) is 2.50. The Morgan fingerprint density at radius 1 is 1.23 bits per heavy atom. The third-order valence-corrected chi connectivity index (χ3v) is 5.31. The summed E-state index contributed by atoms with van der Waals surface area (Å²) in [5, 5.41) is 13.7. The lowest BCUT2D eigenvalue weighted by Gasteiger charge is -2.28. The molecule has 0 bridgehead atoms. The van der Waals surface area contributed by atoms with Crippen molar-refractivity contribution in [1.29, 1.82) is 0 Å². The first-order chi connectivity index (χ1) is 12.6. The van der Waals surface area contributed by atoms with Crippen molar-refractivity contribution in [2.45, 2.75) is 57.5 Å². The Balaban J connectivity index is 1.55. The number of hydrogen-bond donors (Lipinski definition) is 2. The van der Waals surface area contributed by atoms with Gasteiger partial charge in [-0.25, -0.2) is 5.43 Å². The summed E-state index contributed by atoms with van der Waals surface area (Å²) < 4.78 is 5.05. The number of carbonyl (C=O) groups is 2. The van der Waals surface area contributed by atoms with E-state index in [0.717, 1.165) is 31.2 Å². The van der Waals surface area contributed by atoms with Gasteiger partial charge in [-0.15, -0.1) is 0 Å². The zero-order chi connectivity index (χ0) is 18.5. The first kappa shape index (κ1) is 18.6. The topological polar surface area (TPSA) is 88.0 Å². The van der Waals surface area contributed by atoms with Crippen molar-refractivity contribution in [1.82, 2.24) is 5.43 Å². The lowest BCUT2D eigenvalue weighted by molar-refractivity contribution is -0.144. The minimum atomic E-state index is -1.03. The predicted molar refractivity (Wildman–Crippen MR) is 97.7 cm³/mol. The van der Waals surface area contributed by atoms with Gasteiger partial charge in [0.25, 0.3) is 5.91 Å². The number of rotatable bonds is 5. The van der Waals surface area contributed by atoms with E-state index < -0.39 is 12.0 Å². The van der Waals surface area contributed by atoms with E-state index in [9.17, 15) is 14.7 Å². The fourth-order valence-corrected chi connectivity index (χ4v) is 3.80. The smallest absolute Gasteiger partial charge is 0.306 e. The second kappa shape index (κ2) is 8.45. The van der Waals surface area contributed by atoms with Gasteiger partial charge in [0, 0.05) is 12.8 Å². The second-order valence-corrected chi connectivity index (χ2v) is 7.10. The van der Waals surface area contributed by atoms with Gasteiger partial charge in [0.05, 0.1) is 12.3 Å². The van der Waals surface area contributed by atoms with E-state index in [-0.39, 0.29) is 12.4 Å². The van der Waals surface area contributed by atoms with Crippen LogP contribution in [0.2, 0.25) is 0 Å². The highest BCUT2D eigenvalue weighted by atomic mass is 16.5. The van der Waals surface area contributed by atoms with E-state index >= 15 is 0 Å². The summed E-state index contributed by atoms with van der Waals surface area (Å²) in [6.07, 6.45) is 4.01. The molecule has 1 aromatic carbocycles. The van der Waals surface area contributed by atoms with E-state index in [2.05, 4.69) is 22.7 Å². The second-order valence-electron chi connectivity index (χ2n) is 7.10. The molecule has 6 heteroatoms. The Bertz CT molecular complexity index is 676. The number of esters is 1. The van der Waals surface area contributed by atoms with E-state index in [1.54, 1.807) is 0 Å². The Morgan fingerprint density at radius 3 is 2.54 bits per heavy atom. The molecule has 0 radical (unpaired) electrons. The molecule has 1 fully saturated rings. The molecule has 1 aromatic rings. The number of amides is 1. The Labute approximate surface area is 153 Å². The molecule has 140 valence electrons. The molecule has 1 aliphatic carbocycles. The van der Waals surface area contributed by atoms with E-state index in [1.807, 2.05) is 19.1 Å². The molecule has 2 aliphatic rings. The third kappa shape index (κ3) is 4.49. The lowest BCUT2D eigenvalue weighted by Crippen LogP contribution is -2.38. The van der Waals surface area contributed by atoms with Gasteiger partial charge in [-0.2, -0.15) is 5.10 Å². The molecule has 3 rings (SSSR count). The van der Waals surface area contributed by atoms with E-state index in [1.165, 1.54) is 5.56 Å². The molecular weight excluding hydrogens is 332 g/mol. The number of ether oxygens (including phenoxy) is 1. The zero-order valence-electron chi connectivity index (χ0n) is 15.1. The van der Waals surface area contributed by atoms with Crippen molar-refractivity contribution in [3.05, 3.63) is 35.4 Å². The SMILES string of the molecule is CCOC(=O)CC1CCC(c2ccc(C3=NNC(=O)C(O)C3)cc2)CC1. The number of hydrazone groups is 1. The summed E-state index contributed by atoms with van der Waals surface area (Å²) in [4.78, 5) is 22.9. The maximum absolute atomic E-state index is 11.6. The van der Waals surface area contributed by atoms with Crippen LogP contribution in [-0.2, 0) is 14.3 Å². The molecule has 6 nitrogen and oxygen atoms in total. The van der Waals surface area contributed by atoms with Crippen LogP contribution in [0.15, 0.2) is 29.4 Å². The van der Waals surface area contributed by atoms with Crippen LogP contribution < -0.4 is 5.43 Å². The van der Waals surface area contributed by atoms with E-state index in [0.29, 0.717) is 30.6 Å². The number of aliphatic hydroxyl groups is 1. The largest absolute Gasteiger partial charge is 0.466 e. The minimum Gasteiger partial charge on any atom is -0.466 e. The molecule has 1 aliphatic heterocycles. The monoisotopic (exact) mass is 358 g/mol. The van der Waals surface area contributed by atoms with Gasteiger partial charge < -0.3 is 9.84 Å². The summed E-state index contributed by atoms with van der Waals surface area (Å²) >= 11 is 0. The Hall–Kier alpha value is -2.21. The van der Waals surface area contributed by atoms with Crippen molar-refractivity contribution >= 4 is 17.6 Å². The maximum Gasteiger partial charge on any atom is 0.306 e. The van der Waals surface area contributed by atoms with Crippen molar-refractivity contribution in [3.63, 3.8) is 0 Å².